The van der Waals surface area contributed by atoms with E-state index in [0.717, 1.165) is 25.7 Å². The fourth-order valence-corrected chi connectivity index (χ4v) is 3.55. The van der Waals surface area contributed by atoms with Crippen LogP contribution in [0.4, 0.5) is 0 Å². The average molecular weight is 325 g/mol. The number of carbonyl (C=O) groups excluding carboxylic acids is 2. The van der Waals surface area contributed by atoms with Gasteiger partial charge in [0.05, 0.1) is 6.04 Å². The molecule has 3 atom stereocenters. The van der Waals surface area contributed by atoms with Crippen molar-refractivity contribution in [1.29, 1.82) is 0 Å². The lowest BCUT2D eigenvalue weighted by molar-refractivity contribution is -0.150. The fourth-order valence-electron chi connectivity index (χ4n) is 3.55. The molecule has 0 bridgehead atoms. The monoisotopic (exact) mass is 325 g/mol. The number of carboxylic acid groups (broad SMARTS) is 1. The number of nitrogens with zero attached hydrogens (tertiary/aromatic N) is 1. The Morgan fingerprint density at radius 3 is 2.35 bits per heavy atom. The maximum atomic E-state index is 12.9. The molecule has 130 valence electrons. The van der Waals surface area contributed by atoms with Gasteiger partial charge in [-0.1, -0.05) is 12.8 Å². The molecule has 1 saturated heterocycles. The fraction of sp³-hybridized carbons (Fsp3) is 0.812. The summed E-state index contributed by atoms with van der Waals surface area (Å²) in [5.74, 6) is -1.32. The molecule has 1 aliphatic heterocycles. The Labute approximate surface area is 136 Å². The largest absolute Gasteiger partial charge is 0.480 e. The quantitative estimate of drug-likeness (QED) is 0.654. The average Bonchev–Trinajstić information content (AvgIpc) is 3.21. The van der Waals surface area contributed by atoms with Gasteiger partial charge >= 0.3 is 5.97 Å². The van der Waals surface area contributed by atoms with Crippen molar-refractivity contribution in [1.82, 2.24) is 15.5 Å². The Bertz CT molecular complexity index is 462. The molecule has 3 unspecified atom stereocenters. The van der Waals surface area contributed by atoms with E-state index in [0.29, 0.717) is 19.4 Å². The number of nitrogens with one attached hydrogen (secondary N) is 2. The summed E-state index contributed by atoms with van der Waals surface area (Å²) in [6.45, 7) is 2.19. The molecule has 0 spiro atoms. The van der Waals surface area contributed by atoms with Crippen molar-refractivity contribution >= 4 is 17.8 Å². The highest BCUT2D eigenvalue weighted by Crippen LogP contribution is 2.30. The number of likely N-dealkylation sites (tertiary alicyclic amines) is 1. The van der Waals surface area contributed by atoms with E-state index >= 15 is 0 Å². The minimum atomic E-state index is -0.962. The Morgan fingerprint density at radius 1 is 1.13 bits per heavy atom. The van der Waals surface area contributed by atoms with E-state index in [1.807, 2.05) is 0 Å². The molecule has 7 nitrogen and oxygen atoms in total. The Morgan fingerprint density at radius 2 is 1.78 bits per heavy atom. The molecule has 2 fully saturated rings. The third-order valence-corrected chi connectivity index (χ3v) is 5.08. The van der Waals surface area contributed by atoms with Gasteiger partial charge in [-0.2, -0.15) is 0 Å². The number of likely N-dealkylation sites (N-methyl/N-ethyl adjacent to an activating group) is 1. The number of carboxylic acids is 1. The van der Waals surface area contributed by atoms with Crippen LogP contribution in [-0.2, 0) is 14.4 Å². The lowest BCUT2D eigenvalue weighted by Crippen LogP contribution is -2.56. The van der Waals surface area contributed by atoms with E-state index in [1.54, 1.807) is 14.0 Å². The number of carbonyl (C=O) groups is 3. The highest BCUT2D eigenvalue weighted by molar-refractivity contribution is 5.92. The maximum Gasteiger partial charge on any atom is 0.326 e. The Balaban J connectivity index is 2.14. The Hall–Kier alpha value is -1.63. The molecule has 1 heterocycles. The number of rotatable bonds is 6. The van der Waals surface area contributed by atoms with Gasteiger partial charge in [0, 0.05) is 6.54 Å². The first kappa shape index (κ1) is 17.7. The van der Waals surface area contributed by atoms with Crippen molar-refractivity contribution in [3.63, 3.8) is 0 Å². The number of aliphatic carboxylic acids is 1. The standard InChI is InChI=1S/C16H27N3O4/c1-10(17-2)14(20)18-13(11-6-3-4-7-11)15(21)19-9-5-8-12(19)16(22)23/h10-13,17H,3-9H2,1-2H3,(H,18,20)(H,22,23). The zero-order valence-corrected chi connectivity index (χ0v) is 13.9. The molecule has 23 heavy (non-hydrogen) atoms. The van der Waals surface area contributed by atoms with Gasteiger partial charge in [-0.25, -0.2) is 4.79 Å². The first-order valence-corrected chi connectivity index (χ1v) is 8.46. The number of hydrogen-bond donors (Lipinski definition) is 3. The van der Waals surface area contributed by atoms with Crippen LogP contribution in [0.25, 0.3) is 0 Å². The summed E-state index contributed by atoms with van der Waals surface area (Å²) in [7, 11) is 1.69. The predicted molar refractivity (Wildman–Crippen MR) is 84.8 cm³/mol. The minimum absolute atomic E-state index is 0.102. The third-order valence-electron chi connectivity index (χ3n) is 5.08. The molecule has 2 rings (SSSR count). The van der Waals surface area contributed by atoms with Crippen LogP contribution in [0.15, 0.2) is 0 Å². The zero-order chi connectivity index (χ0) is 17.0. The topological polar surface area (TPSA) is 98.7 Å². The van der Waals surface area contributed by atoms with Crippen molar-refractivity contribution in [2.75, 3.05) is 13.6 Å². The van der Waals surface area contributed by atoms with Crippen LogP contribution in [0.5, 0.6) is 0 Å². The minimum Gasteiger partial charge on any atom is -0.480 e. The van der Waals surface area contributed by atoms with Crippen LogP contribution in [0.1, 0.15) is 45.4 Å². The summed E-state index contributed by atoms with van der Waals surface area (Å²) >= 11 is 0. The molecule has 1 saturated carbocycles. The molecule has 1 aliphatic carbocycles. The number of amides is 2. The summed E-state index contributed by atoms with van der Waals surface area (Å²) in [6, 6.07) is -1.76. The molecule has 3 N–H and O–H groups in total. The van der Waals surface area contributed by atoms with Gasteiger partial charge in [-0.15, -0.1) is 0 Å². The second-order valence-electron chi connectivity index (χ2n) is 6.57. The maximum absolute atomic E-state index is 12.9. The molecule has 2 aliphatic rings. The molecular weight excluding hydrogens is 298 g/mol. The van der Waals surface area contributed by atoms with E-state index < -0.39 is 18.1 Å². The SMILES string of the molecule is CNC(C)C(=O)NC(C(=O)N1CCCC1C(=O)O)C1CCCC1. The van der Waals surface area contributed by atoms with Crippen LogP contribution < -0.4 is 10.6 Å². The molecule has 0 aromatic carbocycles. The predicted octanol–water partition coefficient (Wildman–Crippen LogP) is 0.345. The van der Waals surface area contributed by atoms with E-state index in [1.165, 1.54) is 4.90 Å². The van der Waals surface area contributed by atoms with Gasteiger partial charge in [0.25, 0.3) is 0 Å². The first-order valence-electron chi connectivity index (χ1n) is 8.46. The molecule has 0 aromatic heterocycles. The zero-order valence-electron chi connectivity index (χ0n) is 13.9. The highest BCUT2D eigenvalue weighted by atomic mass is 16.4. The van der Waals surface area contributed by atoms with Crippen LogP contribution in [0.3, 0.4) is 0 Å². The van der Waals surface area contributed by atoms with Gasteiger partial charge < -0.3 is 20.6 Å². The van der Waals surface area contributed by atoms with Gasteiger partial charge in [0.1, 0.15) is 12.1 Å². The summed E-state index contributed by atoms with van der Waals surface area (Å²) in [5.41, 5.74) is 0. The van der Waals surface area contributed by atoms with E-state index in [9.17, 15) is 19.5 Å². The third kappa shape index (κ3) is 4.02. The number of hydrogen-bond acceptors (Lipinski definition) is 4. The summed E-state index contributed by atoms with van der Waals surface area (Å²) in [6.07, 6.45) is 5.08. The highest BCUT2D eigenvalue weighted by Gasteiger charge is 2.41. The second kappa shape index (κ2) is 7.77. The van der Waals surface area contributed by atoms with E-state index in [2.05, 4.69) is 10.6 Å². The van der Waals surface area contributed by atoms with Gasteiger partial charge in [0.2, 0.25) is 11.8 Å². The first-order chi connectivity index (χ1) is 11.0. The van der Waals surface area contributed by atoms with Gasteiger partial charge in [0.15, 0.2) is 0 Å². The van der Waals surface area contributed by atoms with E-state index in [4.69, 9.17) is 0 Å². The Kier molecular flexibility index (Phi) is 5.98. The van der Waals surface area contributed by atoms with Crippen molar-refractivity contribution in [2.24, 2.45) is 5.92 Å². The summed E-state index contributed by atoms with van der Waals surface area (Å²) < 4.78 is 0. The van der Waals surface area contributed by atoms with Crippen LogP contribution in [-0.4, -0.2) is 59.5 Å². The van der Waals surface area contributed by atoms with Crippen LogP contribution in [0, 0.1) is 5.92 Å². The van der Waals surface area contributed by atoms with Gasteiger partial charge in [-0.3, -0.25) is 9.59 Å². The van der Waals surface area contributed by atoms with Crippen molar-refractivity contribution in [2.45, 2.75) is 63.6 Å². The molecule has 0 aromatic rings. The van der Waals surface area contributed by atoms with Gasteiger partial charge in [-0.05, 0) is 45.6 Å². The molecular formula is C16H27N3O4. The van der Waals surface area contributed by atoms with Crippen molar-refractivity contribution < 1.29 is 19.5 Å². The summed E-state index contributed by atoms with van der Waals surface area (Å²) in [5, 5.41) is 15.0. The van der Waals surface area contributed by atoms with E-state index in [-0.39, 0.29) is 23.8 Å². The summed E-state index contributed by atoms with van der Waals surface area (Å²) in [4.78, 5) is 37.9. The second-order valence-corrected chi connectivity index (χ2v) is 6.57. The molecule has 0 radical (unpaired) electrons. The lowest BCUT2D eigenvalue weighted by Gasteiger charge is -2.31. The van der Waals surface area contributed by atoms with Crippen LogP contribution in [0.2, 0.25) is 0 Å². The smallest absolute Gasteiger partial charge is 0.326 e. The van der Waals surface area contributed by atoms with Crippen molar-refractivity contribution in [3.8, 4) is 0 Å². The molecule has 2 amide bonds. The lowest BCUT2D eigenvalue weighted by atomic mass is 9.96. The van der Waals surface area contributed by atoms with Crippen LogP contribution >= 0.6 is 0 Å². The van der Waals surface area contributed by atoms with Crippen molar-refractivity contribution in [3.05, 3.63) is 0 Å². The normalized spacial score (nSPS) is 24.4. The molecule has 7 heteroatoms.